The molecule has 5 aromatic rings. The lowest BCUT2D eigenvalue weighted by molar-refractivity contribution is 0.0603. The minimum atomic E-state index is -4.25. The highest BCUT2D eigenvalue weighted by atomic mass is 35.5. The summed E-state index contributed by atoms with van der Waals surface area (Å²) in [6.07, 6.45) is 5.82. The number of H-pyrrole nitrogens is 1. The monoisotopic (exact) mass is 909 g/mol. The van der Waals surface area contributed by atoms with E-state index in [0.717, 1.165) is 106 Å². The Balaban J connectivity index is 0.954. The first-order valence-corrected chi connectivity index (χ1v) is 24.1. The predicted molar refractivity (Wildman–Crippen MR) is 254 cm³/mol. The fourth-order valence-electron chi connectivity index (χ4n) is 9.03. The number of anilines is 2. The first kappa shape index (κ1) is 45.6. The van der Waals surface area contributed by atoms with Gasteiger partial charge in [0.15, 0.2) is 5.75 Å². The molecule has 1 aliphatic carbocycles. The van der Waals surface area contributed by atoms with Gasteiger partial charge < -0.3 is 29.4 Å². The Morgan fingerprint density at radius 3 is 2.53 bits per heavy atom. The van der Waals surface area contributed by atoms with Gasteiger partial charge in [-0.1, -0.05) is 49.2 Å². The number of aromatic amines is 1. The normalized spacial score (nSPS) is 18.5. The van der Waals surface area contributed by atoms with Gasteiger partial charge in [-0.15, -0.1) is 0 Å². The number of ether oxygens (including phenoxy) is 3. The highest BCUT2D eigenvalue weighted by Gasteiger charge is 2.30. The van der Waals surface area contributed by atoms with Crippen LogP contribution >= 0.6 is 11.6 Å². The van der Waals surface area contributed by atoms with Crippen LogP contribution in [0.1, 0.15) is 61.0 Å². The Morgan fingerprint density at radius 1 is 0.938 bits per heavy atom. The number of piperazine rings is 1. The fourth-order valence-corrected chi connectivity index (χ4v) is 10.2. The SMILES string of the molecule is COCCOCCN1CC[C@@H](Nc2ccc(S(=O)(=O)NC(=O)c3ccc(N4CCN(CC5=C(c6ccc(Cl)cc6)CC(C)(C)CC5)CC4)cc3Oc3cccc4[nH]cnc34)cc2C)C1. The van der Waals surface area contributed by atoms with Crippen LogP contribution in [0.25, 0.3) is 16.6 Å². The average molecular weight is 911 g/mol. The van der Waals surface area contributed by atoms with Gasteiger partial charge in [-0.05, 0) is 109 Å². The number of imidazole rings is 1. The summed E-state index contributed by atoms with van der Waals surface area (Å²) in [7, 11) is -2.59. The molecule has 0 unspecified atom stereocenters. The number of carbonyl (C=O) groups is 1. The summed E-state index contributed by atoms with van der Waals surface area (Å²) in [4.78, 5) is 28.8. The molecular formula is C49H60ClN7O6S. The van der Waals surface area contributed by atoms with Gasteiger partial charge in [-0.2, -0.15) is 0 Å². The first-order valence-electron chi connectivity index (χ1n) is 22.3. The molecule has 3 aliphatic rings. The molecule has 64 heavy (non-hydrogen) atoms. The number of rotatable bonds is 17. The second kappa shape index (κ2) is 20.1. The standard InChI is InChI=1S/C49H60ClN7O6S/c1-34-28-40(13-15-43(34)53-38-17-19-55(32-38)24-25-62-27-26-61-4)64(59,60)54-48(58)41-14-12-39(29-46(41)63-45-7-5-6-44-47(45)52-33-51-44)57-22-20-56(21-23-57)31-36-16-18-49(2,3)30-42(36)35-8-10-37(50)11-9-35/h5-15,28-29,33,38,53H,16-27,30-32H2,1-4H3,(H,51,52)(H,54,58)/t38-/m1/s1. The number of carbonyl (C=O) groups excluding carboxylic acids is 1. The van der Waals surface area contributed by atoms with Crippen LogP contribution in [0.3, 0.4) is 0 Å². The number of nitrogens with zero attached hydrogens (tertiary/aromatic N) is 4. The highest BCUT2D eigenvalue weighted by Crippen LogP contribution is 2.43. The lowest BCUT2D eigenvalue weighted by Crippen LogP contribution is -2.47. The summed E-state index contributed by atoms with van der Waals surface area (Å²) < 4.78 is 47.1. The van der Waals surface area contributed by atoms with Crippen LogP contribution in [-0.2, 0) is 19.5 Å². The molecule has 2 fully saturated rings. The van der Waals surface area contributed by atoms with E-state index in [9.17, 15) is 13.2 Å². The van der Waals surface area contributed by atoms with Crippen molar-refractivity contribution in [2.75, 3.05) is 89.5 Å². The topological polar surface area (TPSA) is 141 Å². The van der Waals surface area contributed by atoms with Crippen molar-refractivity contribution in [3.63, 3.8) is 0 Å². The number of hydrogen-bond donors (Lipinski definition) is 3. The van der Waals surface area contributed by atoms with E-state index in [1.807, 2.05) is 43.3 Å². The molecule has 0 spiro atoms. The average Bonchev–Trinajstić information content (AvgIpc) is 3.95. The molecule has 3 N–H and O–H groups in total. The Bertz CT molecular complexity index is 2570. The second-order valence-corrected chi connectivity index (χ2v) is 20.1. The van der Waals surface area contributed by atoms with Crippen molar-refractivity contribution in [2.24, 2.45) is 5.41 Å². The highest BCUT2D eigenvalue weighted by molar-refractivity contribution is 7.90. The number of hydrogen-bond acceptors (Lipinski definition) is 11. The van der Waals surface area contributed by atoms with Crippen molar-refractivity contribution in [3.8, 4) is 11.5 Å². The molecule has 0 saturated carbocycles. The molecule has 2 aliphatic heterocycles. The number of aryl methyl sites for hydroxylation is 1. The van der Waals surface area contributed by atoms with E-state index >= 15 is 0 Å². The van der Waals surface area contributed by atoms with Gasteiger partial charge in [-0.25, -0.2) is 18.1 Å². The minimum absolute atomic E-state index is 0.00334. The Labute approximate surface area is 382 Å². The molecule has 3 heterocycles. The van der Waals surface area contributed by atoms with Crippen molar-refractivity contribution >= 4 is 55.5 Å². The number of aromatic nitrogens is 2. The summed E-state index contributed by atoms with van der Waals surface area (Å²) in [6.45, 7) is 15.2. The van der Waals surface area contributed by atoms with Crippen molar-refractivity contribution in [1.29, 1.82) is 0 Å². The molecule has 13 nitrogen and oxygen atoms in total. The van der Waals surface area contributed by atoms with Crippen LogP contribution < -0.4 is 19.7 Å². The lowest BCUT2D eigenvalue weighted by atomic mass is 9.72. The van der Waals surface area contributed by atoms with Gasteiger partial charge >= 0.3 is 0 Å². The Hall–Kier alpha value is -4.96. The summed E-state index contributed by atoms with van der Waals surface area (Å²) in [5, 5.41) is 4.33. The van der Waals surface area contributed by atoms with Crippen LogP contribution in [0.15, 0.2) is 95.7 Å². The number of allylic oxidation sites excluding steroid dienone is 1. The van der Waals surface area contributed by atoms with E-state index in [0.29, 0.717) is 31.1 Å². The number of likely N-dealkylation sites (tertiary alicyclic amines) is 1. The third-order valence-electron chi connectivity index (χ3n) is 12.7. The van der Waals surface area contributed by atoms with Crippen LogP contribution in [0.4, 0.5) is 11.4 Å². The summed E-state index contributed by atoms with van der Waals surface area (Å²) >= 11 is 6.26. The van der Waals surface area contributed by atoms with E-state index in [-0.39, 0.29) is 27.7 Å². The number of benzene rings is 4. The van der Waals surface area contributed by atoms with Crippen LogP contribution in [-0.4, -0.2) is 119 Å². The van der Waals surface area contributed by atoms with Crippen LogP contribution in [0.5, 0.6) is 11.5 Å². The van der Waals surface area contributed by atoms with Gasteiger partial charge in [-0.3, -0.25) is 14.6 Å². The zero-order valence-corrected chi connectivity index (χ0v) is 38.9. The lowest BCUT2D eigenvalue weighted by Gasteiger charge is -2.39. The molecule has 1 amide bonds. The van der Waals surface area contributed by atoms with Crippen molar-refractivity contribution in [1.82, 2.24) is 24.5 Å². The second-order valence-electron chi connectivity index (χ2n) is 18.0. The number of para-hydroxylation sites is 1. The first-order chi connectivity index (χ1) is 30.8. The van der Waals surface area contributed by atoms with Gasteiger partial charge in [0.1, 0.15) is 11.3 Å². The van der Waals surface area contributed by atoms with Gasteiger partial charge in [0.25, 0.3) is 15.9 Å². The zero-order valence-electron chi connectivity index (χ0n) is 37.3. The minimum Gasteiger partial charge on any atom is -0.454 e. The zero-order chi connectivity index (χ0) is 44.8. The van der Waals surface area contributed by atoms with Gasteiger partial charge in [0.05, 0.1) is 42.1 Å². The van der Waals surface area contributed by atoms with Gasteiger partial charge in [0.2, 0.25) is 0 Å². The molecule has 1 atom stereocenters. The third kappa shape index (κ3) is 11.1. The van der Waals surface area contributed by atoms with Crippen molar-refractivity contribution in [3.05, 3.63) is 112 Å². The molecular weight excluding hydrogens is 850 g/mol. The molecule has 1 aromatic heterocycles. The summed E-state index contributed by atoms with van der Waals surface area (Å²) in [5.41, 5.74) is 8.39. The van der Waals surface area contributed by atoms with E-state index < -0.39 is 15.9 Å². The number of halogens is 1. The molecule has 0 radical (unpaired) electrons. The molecule has 4 aromatic carbocycles. The quantitative estimate of drug-likeness (QED) is 0.0776. The number of methoxy groups -OCH3 is 1. The maximum atomic E-state index is 14.0. The molecule has 0 bridgehead atoms. The number of sulfonamides is 1. The Kier molecular flexibility index (Phi) is 14.3. The molecule has 8 rings (SSSR count). The maximum Gasteiger partial charge on any atom is 0.268 e. The van der Waals surface area contributed by atoms with Crippen molar-refractivity contribution in [2.45, 2.75) is 57.4 Å². The Morgan fingerprint density at radius 2 is 1.75 bits per heavy atom. The third-order valence-corrected chi connectivity index (χ3v) is 14.3. The molecule has 15 heteroatoms. The van der Waals surface area contributed by atoms with E-state index in [1.54, 1.807) is 37.7 Å². The summed E-state index contributed by atoms with van der Waals surface area (Å²) in [6, 6.07) is 24.2. The maximum absolute atomic E-state index is 14.0. The van der Waals surface area contributed by atoms with Crippen LogP contribution in [0, 0.1) is 12.3 Å². The summed E-state index contributed by atoms with van der Waals surface area (Å²) in [5.74, 6) is -0.121. The number of amides is 1. The fraction of sp³-hybridized carbons (Fsp3) is 0.429. The predicted octanol–water partition coefficient (Wildman–Crippen LogP) is 8.37. The van der Waals surface area contributed by atoms with Crippen molar-refractivity contribution < 1.29 is 27.4 Å². The van der Waals surface area contributed by atoms with E-state index in [4.69, 9.17) is 25.8 Å². The molecule has 340 valence electrons. The van der Waals surface area contributed by atoms with E-state index in [1.165, 1.54) is 22.8 Å². The smallest absolute Gasteiger partial charge is 0.268 e. The van der Waals surface area contributed by atoms with Gasteiger partial charge in [0, 0.05) is 88.0 Å². The largest absolute Gasteiger partial charge is 0.454 e. The number of nitrogens with one attached hydrogen (secondary N) is 3. The molecule has 2 saturated heterocycles. The number of fused-ring (bicyclic) bond motifs is 1. The van der Waals surface area contributed by atoms with Crippen LogP contribution in [0.2, 0.25) is 5.02 Å². The van der Waals surface area contributed by atoms with E-state index in [2.05, 4.69) is 60.7 Å².